The maximum absolute atomic E-state index is 13.0. The number of nitrogens with two attached hydrogens (primary N) is 1. The smallest absolute Gasteiger partial charge is 0.326 e. The summed E-state index contributed by atoms with van der Waals surface area (Å²) in [6, 6.07) is 6.18. The third-order valence-electron chi connectivity index (χ3n) is 2.91. The molecule has 0 amide bonds. The Hall–Kier alpha value is -1.42. The molecule has 0 radical (unpaired) electrons. The van der Waals surface area contributed by atoms with E-state index in [1.807, 2.05) is 0 Å². The molecule has 3 nitrogen and oxygen atoms in total. The van der Waals surface area contributed by atoms with Crippen molar-refractivity contribution in [1.29, 1.82) is 0 Å². The van der Waals surface area contributed by atoms with Crippen LogP contribution in [0, 0.1) is 5.82 Å². The Morgan fingerprint density at radius 1 is 1.69 bits per heavy atom. The molecule has 4 heteroatoms. The van der Waals surface area contributed by atoms with Gasteiger partial charge in [0.25, 0.3) is 0 Å². The summed E-state index contributed by atoms with van der Waals surface area (Å²) in [5.41, 5.74) is 5.71. The molecule has 1 fully saturated rings. The van der Waals surface area contributed by atoms with Crippen molar-refractivity contribution in [3.05, 3.63) is 35.6 Å². The molecule has 0 spiro atoms. The average Bonchev–Trinajstić information content (AvgIpc) is 2.93. The van der Waals surface area contributed by atoms with Crippen molar-refractivity contribution in [2.24, 2.45) is 5.73 Å². The average molecular weight is 223 g/mol. The number of halogens is 1. The lowest BCUT2D eigenvalue weighted by Crippen LogP contribution is -2.36. The highest BCUT2D eigenvalue weighted by Crippen LogP contribution is 2.50. The van der Waals surface area contributed by atoms with Crippen molar-refractivity contribution in [1.82, 2.24) is 0 Å². The van der Waals surface area contributed by atoms with E-state index in [0.29, 0.717) is 13.0 Å². The fraction of sp³-hybridized carbons (Fsp3) is 0.417. The van der Waals surface area contributed by atoms with Crippen LogP contribution < -0.4 is 5.73 Å². The number of ether oxygens (including phenoxy) is 1. The lowest BCUT2D eigenvalue weighted by molar-refractivity contribution is -0.146. The molecule has 86 valence electrons. The van der Waals surface area contributed by atoms with Crippen LogP contribution in [-0.2, 0) is 9.53 Å². The van der Waals surface area contributed by atoms with Crippen LogP contribution in [0.3, 0.4) is 0 Å². The molecule has 2 rings (SSSR count). The minimum absolute atomic E-state index is 0.123. The minimum Gasteiger partial charge on any atom is -0.465 e. The van der Waals surface area contributed by atoms with Gasteiger partial charge >= 0.3 is 5.97 Å². The summed E-state index contributed by atoms with van der Waals surface area (Å²) in [5.74, 6) is -0.831. The van der Waals surface area contributed by atoms with Crippen LogP contribution in [-0.4, -0.2) is 18.1 Å². The van der Waals surface area contributed by atoms with Gasteiger partial charge in [-0.1, -0.05) is 12.1 Å². The highest BCUT2D eigenvalue weighted by atomic mass is 19.1. The minimum atomic E-state index is -0.955. The summed E-state index contributed by atoms with van der Waals surface area (Å²) in [5, 5.41) is 0. The molecule has 0 bridgehead atoms. The van der Waals surface area contributed by atoms with Crippen molar-refractivity contribution >= 4 is 5.97 Å². The maximum Gasteiger partial charge on any atom is 0.326 e. The number of carbonyl (C=O) groups is 1. The number of esters is 1. The number of carbonyl (C=O) groups excluding carboxylic acids is 1. The molecule has 1 saturated carbocycles. The van der Waals surface area contributed by atoms with Crippen molar-refractivity contribution in [3.63, 3.8) is 0 Å². The van der Waals surface area contributed by atoms with Crippen LogP contribution in [0.15, 0.2) is 24.3 Å². The maximum atomic E-state index is 13.0. The molecular formula is C12H14FNO2. The summed E-state index contributed by atoms with van der Waals surface area (Å²) in [6.45, 7) is 2.05. The van der Waals surface area contributed by atoms with Crippen LogP contribution >= 0.6 is 0 Å². The second-order valence-electron chi connectivity index (χ2n) is 4.07. The van der Waals surface area contributed by atoms with Crippen LogP contribution in [0.25, 0.3) is 0 Å². The first-order valence-electron chi connectivity index (χ1n) is 5.29. The van der Waals surface area contributed by atoms with Gasteiger partial charge in [0, 0.05) is 5.92 Å². The van der Waals surface area contributed by atoms with E-state index >= 15 is 0 Å². The standard InChI is InChI=1S/C12H14FNO2/c1-2-16-11(15)12(14)7-10(12)8-4-3-5-9(13)6-8/h3-6,10H,2,7,14H2,1H3. The van der Waals surface area contributed by atoms with Crippen molar-refractivity contribution in [2.75, 3.05) is 6.61 Å². The Labute approximate surface area is 93.4 Å². The zero-order chi connectivity index (χ0) is 11.8. The second-order valence-corrected chi connectivity index (χ2v) is 4.07. The first-order chi connectivity index (χ1) is 7.58. The van der Waals surface area contributed by atoms with Gasteiger partial charge in [0.2, 0.25) is 0 Å². The number of benzene rings is 1. The lowest BCUT2D eigenvalue weighted by atomic mass is 10.1. The molecule has 0 aliphatic heterocycles. The first-order valence-corrected chi connectivity index (χ1v) is 5.29. The molecule has 2 unspecified atom stereocenters. The summed E-state index contributed by atoms with van der Waals surface area (Å²) < 4.78 is 17.9. The van der Waals surface area contributed by atoms with E-state index in [-0.39, 0.29) is 11.7 Å². The fourth-order valence-electron chi connectivity index (χ4n) is 1.91. The molecule has 2 atom stereocenters. The topological polar surface area (TPSA) is 52.3 Å². The number of hydrogen-bond acceptors (Lipinski definition) is 3. The molecule has 16 heavy (non-hydrogen) atoms. The zero-order valence-electron chi connectivity index (χ0n) is 9.07. The van der Waals surface area contributed by atoms with E-state index in [2.05, 4.69) is 0 Å². The van der Waals surface area contributed by atoms with Gasteiger partial charge in [-0.15, -0.1) is 0 Å². The molecule has 1 aromatic rings. The summed E-state index contributed by atoms with van der Waals surface area (Å²) in [7, 11) is 0. The molecule has 0 heterocycles. The quantitative estimate of drug-likeness (QED) is 0.791. The number of hydrogen-bond donors (Lipinski definition) is 1. The van der Waals surface area contributed by atoms with Crippen LogP contribution in [0.4, 0.5) is 4.39 Å². The van der Waals surface area contributed by atoms with Gasteiger partial charge in [0.15, 0.2) is 0 Å². The van der Waals surface area contributed by atoms with Gasteiger partial charge in [-0.2, -0.15) is 0 Å². The van der Waals surface area contributed by atoms with Gasteiger partial charge in [0.05, 0.1) is 6.61 Å². The molecule has 1 aliphatic carbocycles. The third-order valence-corrected chi connectivity index (χ3v) is 2.91. The van der Waals surface area contributed by atoms with Crippen LogP contribution in [0.5, 0.6) is 0 Å². The Morgan fingerprint density at radius 2 is 2.44 bits per heavy atom. The Morgan fingerprint density at radius 3 is 3.06 bits per heavy atom. The van der Waals surface area contributed by atoms with Crippen molar-refractivity contribution < 1.29 is 13.9 Å². The fourth-order valence-corrected chi connectivity index (χ4v) is 1.91. The molecule has 1 aliphatic rings. The van der Waals surface area contributed by atoms with Crippen molar-refractivity contribution in [2.45, 2.75) is 24.8 Å². The molecule has 0 saturated heterocycles. The third kappa shape index (κ3) is 1.80. The first kappa shape index (κ1) is 11.1. The van der Waals surface area contributed by atoms with Gasteiger partial charge in [0.1, 0.15) is 11.4 Å². The molecule has 2 N–H and O–H groups in total. The summed E-state index contributed by atoms with van der Waals surface area (Å²) in [6.07, 6.45) is 0.523. The van der Waals surface area contributed by atoms with Crippen LogP contribution in [0.2, 0.25) is 0 Å². The van der Waals surface area contributed by atoms with E-state index < -0.39 is 11.5 Å². The lowest BCUT2D eigenvalue weighted by Gasteiger charge is -2.10. The highest BCUT2D eigenvalue weighted by molar-refractivity contribution is 5.86. The van der Waals surface area contributed by atoms with Crippen LogP contribution in [0.1, 0.15) is 24.8 Å². The largest absolute Gasteiger partial charge is 0.465 e. The van der Waals surface area contributed by atoms with E-state index in [0.717, 1.165) is 5.56 Å². The van der Waals surface area contributed by atoms with Gasteiger partial charge < -0.3 is 10.5 Å². The summed E-state index contributed by atoms with van der Waals surface area (Å²) >= 11 is 0. The molecular weight excluding hydrogens is 209 g/mol. The Bertz CT molecular complexity index is 421. The molecule has 1 aromatic carbocycles. The van der Waals surface area contributed by atoms with Crippen molar-refractivity contribution in [3.8, 4) is 0 Å². The Balaban J connectivity index is 2.13. The summed E-state index contributed by atoms with van der Waals surface area (Å²) in [4.78, 5) is 11.6. The zero-order valence-corrected chi connectivity index (χ0v) is 9.07. The number of rotatable bonds is 3. The van der Waals surface area contributed by atoms with Gasteiger partial charge in [-0.3, -0.25) is 4.79 Å². The predicted octanol–water partition coefficient (Wildman–Crippen LogP) is 1.57. The van der Waals surface area contributed by atoms with E-state index in [1.165, 1.54) is 12.1 Å². The normalized spacial score (nSPS) is 27.6. The predicted molar refractivity (Wildman–Crippen MR) is 57.3 cm³/mol. The van der Waals surface area contributed by atoms with E-state index in [1.54, 1.807) is 19.1 Å². The Kier molecular flexibility index (Phi) is 2.68. The van der Waals surface area contributed by atoms with Gasteiger partial charge in [-0.25, -0.2) is 4.39 Å². The van der Waals surface area contributed by atoms with E-state index in [9.17, 15) is 9.18 Å². The van der Waals surface area contributed by atoms with Gasteiger partial charge in [-0.05, 0) is 31.0 Å². The highest BCUT2D eigenvalue weighted by Gasteiger charge is 2.59. The second kappa shape index (κ2) is 3.87. The molecule has 0 aromatic heterocycles. The SMILES string of the molecule is CCOC(=O)C1(N)CC1c1cccc(F)c1. The van der Waals surface area contributed by atoms with E-state index in [4.69, 9.17) is 10.5 Å². The monoisotopic (exact) mass is 223 g/mol.